The van der Waals surface area contributed by atoms with Crippen LogP contribution >= 0.6 is 0 Å². The highest BCUT2D eigenvalue weighted by Crippen LogP contribution is 2.24. The maximum Gasteiger partial charge on any atom is 0.269 e. The molecule has 142 valence electrons. The Hall–Kier alpha value is -2.67. The molecule has 0 spiro atoms. The number of aromatic nitrogens is 2. The molecule has 7 nitrogen and oxygen atoms in total. The van der Waals surface area contributed by atoms with Crippen molar-refractivity contribution in [1.82, 2.24) is 14.7 Å². The van der Waals surface area contributed by atoms with Gasteiger partial charge in [-0.3, -0.25) is 9.59 Å². The van der Waals surface area contributed by atoms with Crippen LogP contribution in [0.3, 0.4) is 0 Å². The summed E-state index contributed by atoms with van der Waals surface area (Å²) >= 11 is 0. The SMILES string of the molecule is O=C(C1CCN(c2cnn(Cc3ccccc3)c(=O)c2)C1)N1CCOCC1. The molecule has 27 heavy (non-hydrogen) atoms. The molecule has 0 N–H and O–H groups in total. The molecular formula is C20H24N4O3. The first-order valence-electron chi connectivity index (χ1n) is 9.43. The second-order valence-electron chi connectivity index (χ2n) is 7.06. The molecule has 1 aromatic heterocycles. The molecule has 1 atom stereocenters. The summed E-state index contributed by atoms with van der Waals surface area (Å²) in [4.78, 5) is 29.1. The smallest absolute Gasteiger partial charge is 0.269 e. The van der Waals surface area contributed by atoms with Crippen LogP contribution in [0.1, 0.15) is 12.0 Å². The van der Waals surface area contributed by atoms with Crippen molar-refractivity contribution in [3.8, 4) is 0 Å². The van der Waals surface area contributed by atoms with E-state index >= 15 is 0 Å². The zero-order chi connectivity index (χ0) is 18.6. The summed E-state index contributed by atoms with van der Waals surface area (Å²) in [5.74, 6) is 0.182. The van der Waals surface area contributed by atoms with E-state index in [2.05, 4.69) is 10.00 Å². The van der Waals surface area contributed by atoms with Crippen molar-refractivity contribution < 1.29 is 9.53 Å². The Morgan fingerprint density at radius 3 is 2.67 bits per heavy atom. The van der Waals surface area contributed by atoms with Gasteiger partial charge in [-0.15, -0.1) is 0 Å². The molecule has 1 aromatic carbocycles. The summed E-state index contributed by atoms with van der Waals surface area (Å²) in [6.45, 7) is 4.44. The van der Waals surface area contributed by atoms with Crippen molar-refractivity contribution in [2.75, 3.05) is 44.3 Å². The first-order chi connectivity index (χ1) is 13.2. The van der Waals surface area contributed by atoms with E-state index in [0.717, 1.165) is 24.2 Å². The Morgan fingerprint density at radius 1 is 1.15 bits per heavy atom. The van der Waals surface area contributed by atoms with Crippen LogP contribution in [-0.4, -0.2) is 60.0 Å². The van der Waals surface area contributed by atoms with Gasteiger partial charge in [-0.25, -0.2) is 4.68 Å². The highest BCUT2D eigenvalue weighted by atomic mass is 16.5. The Kier molecular flexibility index (Phi) is 5.20. The number of carbonyl (C=O) groups excluding carboxylic acids is 1. The van der Waals surface area contributed by atoms with Crippen molar-refractivity contribution in [1.29, 1.82) is 0 Å². The van der Waals surface area contributed by atoms with E-state index in [4.69, 9.17) is 4.74 Å². The van der Waals surface area contributed by atoms with Gasteiger partial charge in [0.25, 0.3) is 5.56 Å². The molecule has 2 fully saturated rings. The van der Waals surface area contributed by atoms with Gasteiger partial charge in [-0.05, 0) is 12.0 Å². The summed E-state index contributed by atoms with van der Waals surface area (Å²) < 4.78 is 6.78. The number of morpholine rings is 1. The fourth-order valence-corrected chi connectivity index (χ4v) is 3.71. The van der Waals surface area contributed by atoms with Gasteiger partial charge in [0, 0.05) is 32.2 Å². The third-order valence-electron chi connectivity index (χ3n) is 5.26. The first-order valence-corrected chi connectivity index (χ1v) is 9.43. The lowest BCUT2D eigenvalue weighted by Gasteiger charge is -2.29. The summed E-state index contributed by atoms with van der Waals surface area (Å²) in [6, 6.07) is 11.4. The van der Waals surface area contributed by atoms with Crippen LogP contribution in [0.5, 0.6) is 0 Å². The molecule has 1 unspecified atom stereocenters. The number of nitrogens with zero attached hydrogens (tertiary/aromatic N) is 4. The molecular weight excluding hydrogens is 344 g/mol. The fraction of sp³-hybridized carbons (Fsp3) is 0.450. The minimum absolute atomic E-state index is 0.0187. The third-order valence-corrected chi connectivity index (χ3v) is 5.26. The molecule has 2 aromatic rings. The van der Waals surface area contributed by atoms with Crippen LogP contribution in [0.2, 0.25) is 0 Å². The van der Waals surface area contributed by atoms with E-state index in [9.17, 15) is 9.59 Å². The molecule has 4 rings (SSSR count). The molecule has 3 heterocycles. The van der Waals surface area contributed by atoms with Crippen LogP contribution in [0.4, 0.5) is 5.69 Å². The minimum atomic E-state index is -0.126. The predicted octanol–water partition coefficient (Wildman–Crippen LogP) is 0.977. The van der Waals surface area contributed by atoms with E-state index in [-0.39, 0.29) is 17.4 Å². The van der Waals surface area contributed by atoms with Gasteiger partial charge in [0.15, 0.2) is 0 Å². The average molecular weight is 368 g/mol. The second kappa shape index (κ2) is 7.92. The van der Waals surface area contributed by atoms with Gasteiger partial charge in [0.05, 0.1) is 37.6 Å². The second-order valence-corrected chi connectivity index (χ2v) is 7.06. The molecule has 0 saturated carbocycles. The number of benzene rings is 1. The molecule has 0 bridgehead atoms. The van der Waals surface area contributed by atoms with Crippen LogP contribution in [0.15, 0.2) is 47.4 Å². The largest absolute Gasteiger partial charge is 0.378 e. The van der Waals surface area contributed by atoms with Gasteiger partial charge in [-0.2, -0.15) is 5.10 Å². The zero-order valence-electron chi connectivity index (χ0n) is 15.3. The van der Waals surface area contributed by atoms with Crippen molar-refractivity contribution in [3.63, 3.8) is 0 Å². The van der Waals surface area contributed by atoms with E-state index in [1.165, 1.54) is 4.68 Å². The number of hydrogen-bond acceptors (Lipinski definition) is 5. The van der Waals surface area contributed by atoms with Crippen LogP contribution < -0.4 is 10.5 Å². The molecule has 7 heteroatoms. The fourth-order valence-electron chi connectivity index (χ4n) is 3.71. The molecule has 2 aliphatic heterocycles. The number of carbonyl (C=O) groups is 1. The monoisotopic (exact) mass is 368 g/mol. The maximum absolute atomic E-state index is 12.7. The maximum atomic E-state index is 12.7. The standard InChI is InChI=1S/C20H24N4O3/c25-19-12-18(13-21-24(19)14-16-4-2-1-3-5-16)23-7-6-17(15-23)20(26)22-8-10-27-11-9-22/h1-5,12-13,17H,6-11,14-15H2. The van der Waals surface area contributed by atoms with Crippen LogP contribution in [0, 0.1) is 5.92 Å². The minimum Gasteiger partial charge on any atom is -0.378 e. The van der Waals surface area contributed by atoms with Crippen LogP contribution in [0.25, 0.3) is 0 Å². The van der Waals surface area contributed by atoms with E-state index in [1.54, 1.807) is 12.3 Å². The van der Waals surface area contributed by atoms with Crippen molar-refractivity contribution >= 4 is 11.6 Å². The van der Waals surface area contributed by atoms with Crippen molar-refractivity contribution in [3.05, 3.63) is 58.5 Å². The van der Waals surface area contributed by atoms with E-state index in [1.807, 2.05) is 35.2 Å². The summed E-state index contributed by atoms with van der Waals surface area (Å²) in [7, 11) is 0. The lowest BCUT2D eigenvalue weighted by molar-refractivity contribution is -0.138. The Balaban J connectivity index is 1.41. The number of rotatable bonds is 4. The Bertz CT molecular complexity index is 846. The Morgan fingerprint density at radius 2 is 1.93 bits per heavy atom. The third kappa shape index (κ3) is 4.03. The first kappa shape index (κ1) is 17.7. The highest BCUT2D eigenvalue weighted by Gasteiger charge is 2.32. The van der Waals surface area contributed by atoms with E-state index in [0.29, 0.717) is 39.4 Å². The van der Waals surface area contributed by atoms with Gasteiger partial charge >= 0.3 is 0 Å². The van der Waals surface area contributed by atoms with Gasteiger partial charge < -0.3 is 14.5 Å². The topological polar surface area (TPSA) is 67.7 Å². The van der Waals surface area contributed by atoms with Crippen molar-refractivity contribution in [2.24, 2.45) is 5.92 Å². The summed E-state index contributed by atoms with van der Waals surface area (Å²) in [5, 5.41) is 4.33. The normalized spacial score (nSPS) is 20.1. The van der Waals surface area contributed by atoms with Gasteiger partial charge in [0.1, 0.15) is 0 Å². The van der Waals surface area contributed by atoms with Gasteiger partial charge in [0.2, 0.25) is 5.91 Å². The number of amides is 1. The lowest BCUT2D eigenvalue weighted by atomic mass is 10.1. The van der Waals surface area contributed by atoms with Gasteiger partial charge in [-0.1, -0.05) is 30.3 Å². The lowest BCUT2D eigenvalue weighted by Crippen LogP contribution is -2.44. The molecule has 1 amide bonds. The van der Waals surface area contributed by atoms with E-state index < -0.39 is 0 Å². The number of ether oxygens (including phenoxy) is 1. The van der Waals surface area contributed by atoms with Crippen molar-refractivity contribution in [2.45, 2.75) is 13.0 Å². The predicted molar refractivity (Wildman–Crippen MR) is 102 cm³/mol. The average Bonchev–Trinajstić information content (AvgIpc) is 3.21. The summed E-state index contributed by atoms with van der Waals surface area (Å²) in [6.07, 6.45) is 2.54. The number of hydrogen-bond donors (Lipinski definition) is 0. The molecule has 0 aliphatic carbocycles. The summed E-state index contributed by atoms with van der Waals surface area (Å²) in [5.41, 5.74) is 1.71. The Labute approximate surface area is 158 Å². The zero-order valence-corrected chi connectivity index (χ0v) is 15.3. The molecule has 0 radical (unpaired) electrons. The molecule has 2 saturated heterocycles. The highest BCUT2D eigenvalue weighted by molar-refractivity contribution is 5.80. The number of anilines is 1. The quantitative estimate of drug-likeness (QED) is 0.805. The van der Waals surface area contributed by atoms with Crippen LogP contribution in [-0.2, 0) is 16.1 Å². The molecule has 2 aliphatic rings.